The van der Waals surface area contributed by atoms with Gasteiger partial charge in [0.25, 0.3) is 0 Å². The molecule has 1 amide bonds. The van der Waals surface area contributed by atoms with E-state index in [1.54, 1.807) is 12.0 Å². The van der Waals surface area contributed by atoms with Crippen LogP contribution in [0.2, 0.25) is 0 Å². The largest absolute Gasteiger partial charge is 0.493 e. The number of piperazine rings is 1. The molecule has 0 radical (unpaired) electrons. The highest BCUT2D eigenvalue weighted by molar-refractivity contribution is 5.72. The molecule has 0 saturated carbocycles. The van der Waals surface area contributed by atoms with Crippen LogP contribution in [0.1, 0.15) is 16.7 Å². The minimum Gasteiger partial charge on any atom is -0.493 e. The fraction of sp³-hybridized carbons (Fsp3) is 0.333. The van der Waals surface area contributed by atoms with Crippen molar-refractivity contribution >= 4 is 11.9 Å². The van der Waals surface area contributed by atoms with Crippen molar-refractivity contribution in [1.29, 1.82) is 0 Å². The van der Waals surface area contributed by atoms with Gasteiger partial charge in [0.2, 0.25) is 0 Å². The van der Waals surface area contributed by atoms with Crippen molar-refractivity contribution in [1.82, 2.24) is 14.8 Å². The molecule has 1 saturated heterocycles. The van der Waals surface area contributed by atoms with E-state index in [0.717, 1.165) is 50.5 Å². The van der Waals surface area contributed by atoms with Crippen molar-refractivity contribution in [3.05, 3.63) is 83.6 Å². The van der Waals surface area contributed by atoms with E-state index in [9.17, 15) is 4.79 Å². The van der Waals surface area contributed by atoms with Gasteiger partial charge in [-0.15, -0.1) is 0 Å². The van der Waals surface area contributed by atoms with Gasteiger partial charge in [0.1, 0.15) is 5.82 Å². The number of anilines is 1. The molecule has 7 heteroatoms. The number of nitrogens with zero attached hydrogens (tertiary/aromatic N) is 4. The number of benzene rings is 2. The lowest BCUT2D eigenvalue weighted by molar-refractivity contribution is 0.145. The average Bonchev–Trinajstić information content (AvgIpc) is 2.90. The van der Waals surface area contributed by atoms with Gasteiger partial charge < -0.3 is 19.3 Å². The zero-order valence-electron chi connectivity index (χ0n) is 19.5. The molecule has 7 nitrogen and oxygen atoms in total. The maximum absolute atomic E-state index is 12.8. The molecule has 0 spiro atoms. The number of rotatable bonds is 5. The van der Waals surface area contributed by atoms with Crippen LogP contribution in [0.3, 0.4) is 0 Å². The lowest BCUT2D eigenvalue weighted by atomic mass is 10.0. The molecule has 0 aliphatic carbocycles. The number of methoxy groups -OCH3 is 1. The molecule has 1 aromatic heterocycles. The van der Waals surface area contributed by atoms with Crippen LogP contribution in [0, 0.1) is 0 Å². The lowest BCUT2D eigenvalue weighted by Gasteiger charge is -2.35. The minimum absolute atomic E-state index is 0.341. The number of hydrogen-bond donors (Lipinski definition) is 0. The molecule has 2 aliphatic heterocycles. The molecule has 0 bridgehead atoms. The monoisotopic (exact) mass is 458 g/mol. The third-order valence-corrected chi connectivity index (χ3v) is 6.57. The molecule has 0 N–H and O–H groups in total. The molecule has 0 atom stereocenters. The number of hydrogen-bond acceptors (Lipinski definition) is 6. The van der Waals surface area contributed by atoms with Crippen LogP contribution in [0.5, 0.6) is 11.5 Å². The molecular weight excluding hydrogens is 428 g/mol. The fourth-order valence-electron chi connectivity index (χ4n) is 4.64. The fourth-order valence-corrected chi connectivity index (χ4v) is 4.64. The first-order valence-electron chi connectivity index (χ1n) is 11.8. The molecule has 34 heavy (non-hydrogen) atoms. The van der Waals surface area contributed by atoms with Crippen LogP contribution in [0.25, 0.3) is 0 Å². The summed E-state index contributed by atoms with van der Waals surface area (Å²) in [4.78, 5) is 23.8. The van der Waals surface area contributed by atoms with Crippen molar-refractivity contribution in [2.75, 3.05) is 44.7 Å². The Morgan fingerprint density at radius 2 is 1.71 bits per heavy atom. The van der Waals surface area contributed by atoms with Crippen LogP contribution < -0.4 is 14.4 Å². The summed E-state index contributed by atoms with van der Waals surface area (Å²) < 4.78 is 11.3. The number of pyridine rings is 1. The summed E-state index contributed by atoms with van der Waals surface area (Å²) in [5.41, 5.74) is 3.61. The third kappa shape index (κ3) is 4.99. The quantitative estimate of drug-likeness (QED) is 0.577. The Morgan fingerprint density at radius 1 is 0.912 bits per heavy atom. The first kappa shape index (κ1) is 22.2. The number of carbonyl (C=O) groups is 1. The second kappa shape index (κ2) is 10.1. The lowest BCUT2D eigenvalue weighted by Crippen LogP contribution is -2.46. The van der Waals surface area contributed by atoms with E-state index >= 15 is 0 Å². The van der Waals surface area contributed by atoms with Crippen molar-refractivity contribution in [3.8, 4) is 11.5 Å². The van der Waals surface area contributed by atoms with Crippen molar-refractivity contribution in [2.24, 2.45) is 0 Å². The standard InChI is InChI=1S/C27H30N4O3/c1-33-25-18-21(19-29-14-16-30(17-15-29)26-8-4-5-12-28-26)9-10-24(25)34-27(32)31-13-11-22-6-2-3-7-23(22)20-31/h2-10,12,18H,11,13-17,19-20H2,1H3. The molecule has 3 heterocycles. The van der Waals surface area contributed by atoms with Gasteiger partial charge >= 0.3 is 6.09 Å². The Balaban J connectivity index is 1.18. The molecule has 2 aliphatic rings. The van der Waals surface area contributed by atoms with E-state index in [4.69, 9.17) is 9.47 Å². The maximum Gasteiger partial charge on any atom is 0.415 e. The van der Waals surface area contributed by atoms with Crippen LogP contribution >= 0.6 is 0 Å². The van der Waals surface area contributed by atoms with Gasteiger partial charge in [-0.3, -0.25) is 4.90 Å². The summed E-state index contributed by atoms with van der Waals surface area (Å²) in [6, 6.07) is 20.1. The Morgan fingerprint density at radius 3 is 2.47 bits per heavy atom. The van der Waals surface area contributed by atoms with Gasteiger partial charge in [-0.2, -0.15) is 0 Å². The van der Waals surface area contributed by atoms with E-state index in [-0.39, 0.29) is 6.09 Å². The van der Waals surface area contributed by atoms with Crippen molar-refractivity contribution in [2.45, 2.75) is 19.5 Å². The van der Waals surface area contributed by atoms with E-state index in [0.29, 0.717) is 24.6 Å². The summed E-state index contributed by atoms with van der Waals surface area (Å²) in [5.74, 6) is 2.07. The van der Waals surface area contributed by atoms with E-state index in [2.05, 4.69) is 33.0 Å². The summed E-state index contributed by atoms with van der Waals surface area (Å²) in [6.45, 7) is 5.87. The zero-order valence-corrected chi connectivity index (χ0v) is 19.5. The normalized spacial score (nSPS) is 16.1. The first-order chi connectivity index (χ1) is 16.7. The van der Waals surface area contributed by atoms with E-state index in [1.165, 1.54) is 11.1 Å². The molecule has 0 unspecified atom stereocenters. The van der Waals surface area contributed by atoms with Crippen LogP contribution in [-0.4, -0.2) is 60.7 Å². The van der Waals surface area contributed by atoms with Gasteiger partial charge in [-0.05, 0) is 47.4 Å². The van der Waals surface area contributed by atoms with E-state index < -0.39 is 0 Å². The Labute approximate surface area is 200 Å². The highest BCUT2D eigenvalue weighted by Crippen LogP contribution is 2.30. The second-order valence-corrected chi connectivity index (χ2v) is 8.74. The highest BCUT2D eigenvalue weighted by atomic mass is 16.6. The Kier molecular flexibility index (Phi) is 6.62. The van der Waals surface area contributed by atoms with Gasteiger partial charge in [0.05, 0.1) is 7.11 Å². The smallest absolute Gasteiger partial charge is 0.415 e. The zero-order chi connectivity index (χ0) is 23.3. The first-order valence-corrected chi connectivity index (χ1v) is 11.8. The van der Waals surface area contributed by atoms with Crippen molar-refractivity contribution < 1.29 is 14.3 Å². The highest BCUT2D eigenvalue weighted by Gasteiger charge is 2.23. The van der Waals surface area contributed by atoms with Crippen LogP contribution in [-0.2, 0) is 19.5 Å². The topological polar surface area (TPSA) is 58.1 Å². The summed E-state index contributed by atoms with van der Waals surface area (Å²) in [6.07, 6.45) is 2.34. The number of aromatic nitrogens is 1. The molecule has 1 fully saturated rings. The summed E-state index contributed by atoms with van der Waals surface area (Å²) >= 11 is 0. The third-order valence-electron chi connectivity index (χ3n) is 6.57. The predicted molar refractivity (Wildman–Crippen MR) is 131 cm³/mol. The minimum atomic E-state index is -0.341. The van der Waals surface area contributed by atoms with Crippen LogP contribution in [0.15, 0.2) is 66.9 Å². The maximum atomic E-state index is 12.8. The second-order valence-electron chi connectivity index (χ2n) is 8.74. The number of ether oxygens (including phenoxy) is 2. The molecule has 176 valence electrons. The van der Waals surface area contributed by atoms with Crippen molar-refractivity contribution in [3.63, 3.8) is 0 Å². The van der Waals surface area contributed by atoms with Crippen LogP contribution in [0.4, 0.5) is 10.6 Å². The van der Waals surface area contributed by atoms with Gasteiger partial charge in [0, 0.05) is 52.0 Å². The Bertz CT molecular complexity index is 1130. The molecule has 2 aromatic carbocycles. The van der Waals surface area contributed by atoms with Gasteiger partial charge in [0.15, 0.2) is 11.5 Å². The molecule has 3 aromatic rings. The van der Waals surface area contributed by atoms with Gasteiger partial charge in [-0.25, -0.2) is 9.78 Å². The predicted octanol–water partition coefficient (Wildman–Crippen LogP) is 3.97. The SMILES string of the molecule is COc1cc(CN2CCN(c3ccccn3)CC2)ccc1OC(=O)N1CCc2ccccc2C1. The number of carbonyl (C=O) groups excluding carboxylic acids is 1. The Hall–Kier alpha value is -3.58. The molecule has 5 rings (SSSR count). The summed E-state index contributed by atoms with van der Waals surface area (Å²) in [5, 5.41) is 0. The summed E-state index contributed by atoms with van der Waals surface area (Å²) in [7, 11) is 1.61. The molecular formula is C27H30N4O3. The van der Waals surface area contributed by atoms with Gasteiger partial charge in [-0.1, -0.05) is 36.4 Å². The van der Waals surface area contributed by atoms with E-state index in [1.807, 2.05) is 48.7 Å². The number of fused-ring (bicyclic) bond motifs is 1. The number of amides is 1. The average molecular weight is 459 g/mol.